The van der Waals surface area contributed by atoms with Gasteiger partial charge in [0.15, 0.2) is 11.4 Å². The molecule has 0 saturated heterocycles. The summed E-state index contributed by atoms with van der Waals surface area (Å²) < 4.78 is 0. The lowest BCUT2D eigenvalue weighted by Crippen LogP contribution is -2.37. The summed E-state index contributed by atoms with van der Waals surface area (Å²) in [5.74, 6) is 5.39. The van der Waals surface area contributed by atoms with Gasteiger partial charge in [0.1, 0.15) is 0 Å². The van der Waals surface area contributed by atoms with Crippen LogP contribution in [-0.2, 0) is 4.79 Å². The summed E-state index contributed by atoms with van der Waals surface area (Å²) in [4.78, 5) is 11.3. The van der Waals surface area contributed by atoms with Crippen LogP contribution < -0.4 is 0 Å². The average Bonchev–Trinajstić information content (AvgIpc) is 2.41. The Kier molecular flexibility index (Phi) is 3.45. The van der Waals surface area contributed by atoms with Crippen LogP contribution in [0.4, 0.5) is 0 Å². The van der Waals surface area contributed by atoms with Gasteiger partial charge in [-0.15, -0.1) is 6.58 Å². The van der Waals surface area contributed by atoms with Gasteiger partial charge in [-0.25, -0.2) is 0 Å². The molecule has 90 valence electrons. The second kappa shape index (κ2) is 5.03. The summed E-state index contributed by atoms with van der Waals surface area (Å²) in [6.07, 6.45) is 4.68. The van der Waals surface area contributed by atoms with Crippen molar-refractivity contribution >= 4 is 5.78 Å². The first-order valence-corrected chi connectivity index (χ1v) is 5.79. The van der Waals surface area contributed by atoms with Crippen LogP contribution in [0.25, 0.3) is 0 Å². The highest BCUT2D eigenvalue weighted by molar-refractivity contribution is 5.91. The lowest BCUT2D eigenvalue weighted by molar-refractivity contribution is -0.117. The Morgan fingerprint density at radius 3 is 2.78 bits per heavy atom. The Hall–Kier alpha value is -2.11. The maximum atomic E-state index is 11.3. The number of allylic oxidation sites excluding steroid dienone is 1. The molecule has 1 aromatic rings. The zero-order valence-corrected chi connectivity index (χ0v) is 9.97. The zero-order valence-electron chi connectivity index (χ0n) is 9.97. The molecule has 0 radical (unpaired) electrons. The molecule has 0 saturated carbocycles. The van der Waals surface area contributed by atoms with Crippen LogP contribution >= 0.6 is 0 Å². The topological polar surface area (TPSA) is 37.3 Å². The third-order valence-corrected chi connectivity index (χ3v) is 2.98. The lowest BCUT2D eigenvalue weighted by atomic mass is 9.80. The summed E-state index contributed by atoms with van der Waals surface area (Å²) in [5, 5.41) is 10.4. The van der Waals surface area contributed by atoms with E-state index in [1.54, 1.807) is 6.08 Å². The van der Waals surface area contributed by atoms with Gasteiger partial charge in [-0.1, -0.05) is 36.1 Å². The molecule has 0 aliphatic heterocycles. The molecule has 0 aromatic heterocycles. The molecule has 18 heavy (non-hydrogen) atoms. The Balaban J connectivity index is 2.31. The summed E-state index contributed by atoms with van der Waals surface area (Å²) >= 11 is 0. The van der Waals surface area contributed by atoms with E-state index in [1.165, 1.54) is 12.2 Å². The van der Waals surface area contributed by atoms with Gasteiger partial charge in [-0.3, -0.25) is 4.79 Å². The number of benzene rings is 1. The molecular weight excluding hydrogens is 224 g/mol. The van der Waals surface area contributed by atoms with Gasteiger partial charge < -0.3 is 5.11 Å². The van der Waals surface area contributed by atoms with Crippen molar-refractivity contribution in [3.8, 4) is 11.8 Å². The number of hydrogen-bond acceptors (Lipinski definition) is 2. The summed E-state index contributed by atoms with van der Waals surface area (Å²) in [6, 6.07) is 9.43. The van der Waals surface area contributed by atoms with Crippen molar-refractivity contribution in [1.82, 2.24) is 0 Å². The van der Waals surface area contributed by atoms with Crippen molar-refractivity contribution in [2.75, 3.05) is 0 Å². The molecule has 1 aliphatic carbocycles. The summed E-state index contributed by atoms with van der Waals surface area (Å²) in [7, 11) is 0. The van der Waals surface area contributed by atoms with Crippen LogP contribution in [-0.4, -0.2) is 16.5 Å². The van der Waals surface area contributed by atoms with Gasteiger partial charge in [0, 0.05) is 17.9 Å². The normalized spacial score (nSPS) is 26.3. The smallest absolute Gasteiger partial charge is 0.156 e. The van der Waals surface area contributed by atoms with Crippen molar-refractivity contribution in [3.05, 3.63) is 60.7 Å². The molecule has 2 atom stereocenters. The van der Waals surface area contributed by atoms with E-state index in [0.717, 1.165) is 5.56 Å². The molecule has 1 aromatic carbocycles. The number of carbonyl (C=O) groups excluding carboxylic acids is 1. The van der Waals surface area contributed by atoms with Crippen molar-refractivity contribution < 1.29 is 9.90 Å². The minimum absolute atomic E-state index is 0.00825. The first-order valence-electron chi connectivity index (χ1n) is 5.79. The van der Waals surface area contributed by atoms with Gasteiger partial charge in [0.2, 0.25) is 0 Å². The molecule has 0 spiro atoms. The monoisotopic (exact) mass is 238 g/mol. The van der Waals surface area contributed by atoms with E-state index in [2.05, 4.69) is 18.4 Å². The van der Waals surface area contributed by atoms with Gasteiger partial charge >= 0.3 is 0 Å². The van der Waals surface area contributed by atoms with E-state index < -0.39 is 5.60 Å². The number of aliphatic hydroxyl groups is 1. The molecule has 0 bridgehead atoms. The number of ketones is 1. The molecule has 1 N–H and O–H groups in total. The molecule has 1 aliphatic rings. The van der Waals surface area contributed by atoms with E-state index in [1.807, 2.05) is 30.3 Å². The summed E-state index contributed by atoms with van der Waals surface area (Å²) in [5.41, 5.74) is -0.468. The molecule has 2 rings (SSSR count). The van der Waals surface area contributed by atoms with Crippen LogP contribution in [0.15, 0.2) is 55.1 Å². The van der Waals surface area contributed by atoms with Gasteiger partial charge in [-0.2, -0.15) is 0 Å². The Labute approximate surface area is 107 Å². The van der Waals surface area contributed by atoms with Crippen molar-refractivity contribution in [2.24, 2.45) is 5.92 Å². The first kappa shape index (κ1) is 12.3. The number of carbonyl (C=O) groups is 1. The minimum Gasteiger partial charge on any atom is -0.373 e. The largest absolute Gasteiger partial charge is 0.373 e. The predicted octanol–water partition coefficient (Wildman–Crippen LogP) is 2.10. The predicted molar refractivity (Wildman–Crippen MR) is 70.7 cm³/mol. The molecule has 0 amide bonds. The average molecular weight is 238 g/mol. The fraction of sp³-hybridized carbons (Fsp3) is 0.188. The summed E-state index contributed by atoms with van der Waals surface area (Å²) in [6.45, 7) is 3.66. The fourth-order valence-electron chi connectivity index (χ4n) is 1.88. The minimum atomic E-state index is -1.30. The lowest BCUT2D eigenvalue weighted by Gasteiger charge is -2.28. The molecule has 0 unspecified atom stereocenters. The van der Waals surface area contributed by atoms with E-state index in [0.29, 0.717) is 0 Å². The SMILES string of the molecule is C=C[C@H]1CC(=O)C=C[C@@]1(O)C#Cc1ccccc1. The van der Waals surface area contributed by atoms with Gasteiger partial charge in [0.05, 0.1) is 0 Å². The molecule has 0 heterocycles. The Morgan fingerprint density at radius 1 is 1.39 bits per heavy atom. The Morgan fingerprint density at radius 2 is 2.11 bits per heavy atom. The highest BCUT2D eigenvalue weighted by Gasteiger charge is 2.34. The quantitative estimate of drug-likeness (QED) is 0.601. The van der Waals surface area contributed by atoms with Crippen molar-refractivity contribution in [3.63, 3.8) is 0 Å². The van der Waals surface area contributed by atoms with Gasteiger partial charge in [-0.05, 0) is 24.3 Å². The number of rotatable bonds is 1. The van der Waals surface area contributed by atoms with Gasteiger partial charge in [0.25, 0.3) is 0 Å². The highest BCUT2D eigenvalue weighted by atomic mass is 16.3. The molecule has 0 fully saturated rings. The van der Waals surface area contributed by atoms with Crippen LogP contribution in [0, 0.1) is 17.8 Å². The highest BCUT2D eigenvalue weighted by Crippen LogP contribution is 2.27. The molecular formula is C16H14O2. The van der Waals surface area contributed by atoms with Crippen LogP contribution in [0.5, 0.6) is 0 Å². The second-order valence-electron chi connectivity index (χ2n) is 4.29. The first-order chi connectivity index (χ1) is 8.64. The van der Waals surface area contributed by atoms with Crippen LogP contribution in [0.2, 0.25) is 0 Å². The zero-order chi connectivity index (χ0) is 13.0. The molecule has 2 heteroatoms. The fourth-order valence-corrected chi connectivity index (χ4v) is 1.88. The van der Waals surface area contributed by atoms with E-state index in [9.17, 15) is 9.90 Å². The van der Waals surface area contributed by atoms with E-state index in [-0.39, 0.29) is 18.1 Å². The van der Waals surface area contributed by atoms with Crippen LogP contribution in [0.3, 0.4) is 0 Å². The standard InChI is InChI=1S/C16H14O2/c1-2-14-12-15(17)9-11-16(14,18)10-8-13-6-4-3-5-7-13/h2-7,9,11,14,18H,1,12H2/t14-,16-/m0/s1. The maximum absolute atomic E-state index is 11.3. The second-order valence-corrected chi connectivity index (χ2v) is 4.29. The number of hydrogen-bond donors (Lipinski definition) is 1. The van der Waals surface area contributed by atoms with Crippen LogP contribution in [0.1, 0.15) is 12.0 Å². The molecule has 2 nitrogen and oxygen atoms in total. The maximum Gasteiger partial charge on any atom is 0.156 e. The Bertz CT molecular complexity index is 545. The third kappa shape index (κ3) is 2.58. The van der Waals surface area contributed by atoms with E-state index >= 15 is 0 Å². The van der Waals surface area contributed by atoms with E-state index in [4.69, 9.17) is 0 Å². The van der Waals surface area contributed by atoms with Crippen molar-refractivity contribution in [1.29, 1.82) is 0 Å². The third-order valence-electron chi connectivity index (χ3n) is 2.98. The van der Waals surface area contributed by atoms with Crippen molar-refractivity contribution in [2.45, 2.75) is 12.0 Å².